The summed E-state index contributed by atoms with van der Waals surface area (Å²) in [6.45, 7) is 2.42. The molecule has 0 radical (unpaired) electrons. The molecule has 0 aromatic heterocycles. The summed E-state index contributed by atoms with van der Waals surface area (Å²) in [6.07, 6.45) is 0.400. The molecular formula is C16H22N2O4S. The molecule has 0 spiro atoms. The molecule has 1 aromatic carbocycles. The molecule has 1 aromatic rings. The fourth-order valence-electron chi connectivity index (χ4n) is 2.80. The van der Waals surface area contributed by atoms with Crippen molar-refractivity contribution in [2.45, 2.75) is 25.9 Å². The van der Waals surface area contributed by atoms with E-state index in [-0.39, 0.29) is 11.5 Å². The topological polar surface area (TPSA) is 74.8 Å². The van der Waals surface area contributed by atoms with Crippen molar-refractivity contribution < 1.29 is 18.0 Å². The first kappa shape index (κ1) is 17.5. The van der Waals surface area contributed by atoms with Gasteiger partial charge in [0.25, 0.3) is 0 Å². The number of carbonyl (C=O) groups is 2. The number of amides is 2. The van der Waals surface area contributed by atoms with Crippen LogP contribution in [0.25, 0.3) is 0 Å². The number of carbonyl (C=O) groups excluding carboxylic acids is 2. The fraction of sp³-hybridized carbons (Fsp3) is 0.500. The number of sulfone groups is 1. The molecule has 6 nitrogen and oxygen atoms in total. The van der Waals surface area contributed by atoms with Crippen LogP contribution in [0, 0.1) is 0 Å². The van der Waals surface area contributed by atoms with E-state index in [0.29, 0.717) is 19.5 Å². The Hall–Kier alpha value is -1.89. The van der Waals surface area contributed by atoms with Gasteiger partial charge >= 0.3 is 11.8 Å². The minimum Gasteiger partial charge on any atom is -0.333 e. The van der Waals surface area contributed by atoms with E-state index >= 15 is 0 Å². The highest BCUT2D eigenvalue weighted by molar-refractivity contribution is 7.91. The van der Waals surface area contributed by atoms with E-state index in [4.69, 9.17) is 0 Å². The Morgan fingerprint density at radius 2 is 1.83 bits per heavy atom. The van der Waals surface area contributed by atoms with Gasteiger partial charge in [0, 0.05) is 26.2 Å². The normalized spacial score (nSPS) is 19.3. The maximum absolute atomic E-state index is 12.4. The molecule has 7 heteroatoms. The average Bonchev–Trinajstić information content (AvgIpc) is 2.88. The number of benzene rings is 1. The predicted octanol–water partition coefficient (Wildman–Crippen LogP) is 0.681. The third-order valence-corrected chi connectivity index (χ3v) is 5.79. The van der Waals surface area contributed by atoms with E-state index < -0.39 is 27.7 Å². The summed E-state index contributed by atoms with van der Waals surface area (Å²) < 4.78 is 23.2. The molecule has 0 bridgehead atoms. The molecular weight excluding hydrogens is 316 g/mol. The maximum atomic E-state index is 12.4. The highest BCUT2D eigenvalue weighted by Crippen LogP contribution is 2.18. The van der Waals surface area contributed by atoms with E-state index in [9.17, 15) is 18.0 Å². The van der Waals surface area contributed by atoms with Gasteiger partial charge in [-0.15, -0.1) is 0 Å². The number of rotatable bonds is 4. The molecule has 1 saturated heterocycles. The van der Waals surface area contributed by atoms with E-state index in [1.807, 2.05) is 30.3 Å². The Morgan fingerprint density at radius 1 is 1.17 bits per heavy atom. The van der Waals surface area contributed by atoms with Gasteiger partial charge in [0.2, 0.25) is 0 Å². The zero-order chi connectivity index (χ0) is 17.0. The Labute approximate surface area is 137 Å². The molecule has 0 N–H and O–H groups in total. The second-order valence-electron chi connectivity index (χ2n) is 5.79. The number of hydrogen-bond acceptors (Lipinski definition) is 4. The summed E-state index contributed by atoms with van der Waals surface area (Å²) in [7, 11) is -1.52. The summed E-state index contributed by atoms with van der Waals surface area (Å²) in [5.41, 5.74) is 0.933. The monoisotopic (exact) mass is 338 g/mol. The smallest absolute Gasteiger partial charge is 0.312 e. The van der Waals surface area contributed by atoms with Crippen molar-refractivity contribution in [2.75, 3.05) is 25.1 Å². The lowest BCUT2D eigenvalue weighted by molar-refractivity contribution is -0.152. The highest BCUT2D eigenvalue weighted by atomic mass is 32.2. The number of hydrogen-bond donors (Lipinski definition) is 0. The molecule has 1 aliphatic heterocycles. The lowest BCUT2D eigenvalue weighted by Crippen LogP contribution is -2.48. The van der Waals surface area contributed by atoms with Gasteiger partial charge in [-0.3, -0.25) is 9.59 Å². The van der Waals surface area contributed by atoms with Gasteiger partial charge in [-0.2, -0.15) is 0 Å². The van der Waals surface area contributed by atoms with Gasteiger partial charge in [-0.25, -0.2) is 8.42 Å². The van der Waals surface area contributed by atoms with Gasteiger partial charge in [-0.05, 0) is 18.9 Å². The molecule has 1 unspecified atom stereocenters. The van der Waals surface area contributed by atoms with Gasteiger partial charge in [0.05, 0.1) is 11.5 Å². The molecule has 126 valence electrons. The van der Waals surface area contributed by atoms with E-state index in [0.717, 1.165) is 5.56 Å². The molecule has 1 fully saturated rings. The first-order chi connectivity index (χ1) is 10.8. The fourth-order valence-corrected chi connectivity index (χ4v) is 4.53. The van der Waals surface area contributed by atoms with Crippen molar-refractivity contribution in [3.8, 4) is 0 Å². The van der Waals surface area contributed by atoms with Crippen molar-refractivity contribution in [1.29, 1.82) is 0 Å². The number of likely N-dealkylation sites (N-methyl/N-ethyl adjacent to an activating group) is 2. The molecule has 1 heterocycles. The minimum absolute atomic E-state index is 0.0533. The van der Waals surface area contributed by atoms with Gasteiger partial charge in [0.15, 0.2) is 9.84 Å². The molecule has 2 amide bonds. The van der Waals surface area contributed by atoms with Crippen molar-refractivity contribution in [2.24, 2.45) is 0 Å². The molecule has 0 aliphatic carbocycles. The second-order valence-corrected chi connectivity index (χ2v) is 8.02. The van der Waals surface area contributed by atoms with Crippen LogP contribution in [-0.4, -0.2) is 61.2 Å². The first-order valence-corrected chi connectivity index (χ1v) is 9.46. The van der Waals surface area contributed by atoms with Crippen LogP contribution in [0.3, 0.4) is 0 Å². The zero-order valence-electron chi connectivity index (χ0n) is 13.4. The SMILES string of the molecule is CCN(C(=O)C(=O)N(C)Cc1ccccc1)C1CCS(=O)(=O)C1. The van der Waals surface area contributed by atoms with Crippen LogP contribution in [0.4, 0.5) is 0 Å². The summed E-state index contributed by atoms with van der Waals surface area (Å²) in [4.78, 5) is 27.5. The van der Waals surface area contributed by atoms with Crippen LogP contribution < -0.4 is 0 Å². The standard InChI is InChI=1S/C16H22N2O4S/c1-3-18(14-9-10-23(21,22)12-14)16(20)15(19)17(2)11-13-7-5-4-6-8-13/h4-8,14H,3,9-12H2,1-2H3. The lowest BCUT2D eigenvalue weighted by Gasteiger charge is -2.28. The van der Waals surface area contributed by atoms with Crippen LogP contribution in [0.15, 0.2) is 30.3 Å². The van der Waals surface area contributed by atoms with Crippen molar-refractivity contribution >= 4 is 21.7 Å². The Kier molecular flexibility index (Phi) is 5.41. The third-order valence-electron chi connectivity index (χ3n) is 4.04. The van der Waals surface area contributed by atoms with E-state index in [1.54, 1.807) is 14.0 Å². The zero-order valence-corrected chi connectivity index (χ0v) is 14.3. The summed E-state index contributed by atoms with van der Waals surface area (Å²) in [5.74, 6) is -1.22. The molecule has 23 heavy (non-hydrogen) atoms. The molecule has 1 aliphatic rings. The average molecular weight is 338 g/mol. The van der Waals surface area contributed by atoms with Crippen LogP contribution >= 0.6 is 0 Å². The summed E-state index contributed by atoms with van der Waals surface area (Å²) >= 11 is 0. The first-order valence-electron chi connectivity index (χ1n) is 7.64. The van der Waals surface area contributed by atoms with Crippen LogP contribution in [0.2, 0.25) is 0 Å². The third kappa shape index (κ3) is 4.31. The minimum atomic E-state index is -3.10. The summed E-state index contributed by atoms with van der Waals surface area (Å²) in [6, 6.07) is 9.00. The Bertz CT molecular complexity index is 673. The van der Waals surface area contributed by atoms with Crippen LogP contribution in [0.5, 0.6) is 0 Å². The van der Waals surface area contributed by atoms with Crippen molar-refractivity contribution in [3.63, 3.8) is 0 Å². The molecule has 2 rings (SSSR count). The van der Waals surface area contributed by atoms with Crippen LogP contribution in [0.1, 0.15) is 18.9 Å². The molecule has 1 atom stereocenters. The second kappa shape index (κ2) is 7.12. The lowest BCUT2D eigenvalue weighted by atomic mass is 10.2. The quantitative estimate of drug-likeness (QED) is 0.757. The number of nitrogens with zero attached hydrogens (tertiary/aromatic N) is 2. The Balaban J connectivity index is 2.03. The molecule has 0 saturated carbocycles. The Morgan fingerprint density at radius 3 is 2.35 bits per heavy atom. The van der Waals surface area contributed by atoms with Crippen molar-refractivity contribution in [1.82, 2.24) is 9.80 Å². The van der Waals surface area contributed by atoms with E-state index in [2.05, 4.69) is 0 Å². The predicted molar refractivity (Wildman–Crippen MR) is 87.4 cm³/mol. The summed E-state index contributed by atoms with van der Waals surface area (Å²) in [5, 5.41) is 0. The van der Waals surface area contributed by atoms with Crippen molar-refractivity contribution in [3.05, 3.63) is 35.9 Å². The van der Waals surface area contributed by atoms with Crippen LogP contribution in [-0.2, 0) is 26.0 Å². The largest absolute Gasteiger partial charge is 0.333 e. The van der Waals surface area contributed by atoms with Gasteiger partial charge in [0.1, 0.15) is 0 Å². The van der Waals surface area contributed by atoms with E-state index in [1.165, 1.54) is 9.80 Å². The maximum Gasteiger partial charge on any atom is 0.312 e. The highest BCUT2D eigenvalue weighted by Gasteiger charge is 2.36. The van der Waals surface area contributed by atoms with Gasteiger partial charge in [-0.1, -0.05) is 30.3 Å². The van der Waals surface area contributed by atoms with Gasteiger partial charge < -0.3 is 9.80 Å².